The largest absolute Gasteiger partial charge is 0.276 e. The zero-order valence-corrected chi connectivity index (χ0v) is 7.20. The molecule has 2 aromatic heterocycles. The molecule has 3 heteroatoms. The maximum absolute atomic E-state index is 4.31. The summed E-state index contributed by atoms with van der Waals surface area (Å²) in [6.07, 6.45) is 3.65. The summed E-state index contributed by atoms with van der Waals surface area (Å²) >= 11 is 0. The Balaban J connectivity index is 0.000000845. The molecule has 0 bridgehead atoms. The van der Waals surface area contributed by atoms with Crippen molar-refractivity contribution in [2.45, 2.75) is 19.8 Å². The number of nitrogens with one attached hydrogen (secondary N) is 1. The van der Waals surface area contributed by atoms with Crippen molar-refractivity contribution in [3.63, 3.8) is 0 Å². The maximum Gasteiger partial charge on any atom is 0.0868 e. The Hall–Kier alpha value is -1.38. The number of nitrogens with zero attached hydrogens (tertiary/aromatic N) is 2. The van der Waals surface area contributed by atoms with E-state index < -0.39 is 0 Å². The fraction of sp³-hybridized carbons (Fsp3) is 0.333. The van der Waals surface area contributed by atoms with Gasteiger partial charge in [0.2, 0.25) is 0 Å². The smallest absolute Gasteiger partial charge is 0.0868 e. The molecule has 2 aromatic rings. The van der Waals surface area contributed by atoms with Crippen LogP contribution < -0.4 is 0 Å². The van der Waals surface area contributed by atoms with Crippen molar-refractivity contribution in [1.29, 1.82) is 0 Å². The summed E-state index contributed by atoms with van der Waals surface area (Å²) in [5.41, 5.74) is 2.15. The van der Waals surface area contributed by atoms with E-state index in [2.05, 4.69) is 29.0 Å². The molecule has 12 heavy (non-hydrogen) atoms. The average molecular weight is 163 g/mol. The third-order valence-electron chi connectivity index (χ3n) is 1.94. The fourth-order valence-corrected chi connectivity index (χ4v) is 1.33. The van der Waals surface area contributed by atoms with E-state index in [0.29, 0.717) is 5.92 Å². The lowest BCUT2D eigenvalue weighted by Gasteiger charge is -2.03. The van der Waals surface area contributed by atoms with Crippen LogP contribution in [0.5, 0.6) is 0 Å². The Morgan fingerprint density at radius 3 is 3.08 bits per heavy atom. The molecule has 1 N–H and O–H groups in total. The highest BCUT2D eigenvalue weighted by atomic mass is 15.1. The molecular weight excluding hydrogens is 150 g/mol. The standard InChI is InChI=1S/C9H11N3.H2/c1-6(2)8-9-7(3-4-10-8)5-11-12-9;/h3-6H,1-2H3,(H,11,12);1H. The van der Waals surface area contributed by atoms with Crippen LogP contribution in [-0.4, -0.2) is 15.2 Å². The molecular formula is C9H13N3. The summed E-state index contributed by atoms with van der Waals surface area (Å²) in [6, 6.07) is 1.96. The second-order valence-electron chi connectivity index (χ2n) is 3.19. The molecule has 0 atom stereocenters. The fourth-order valence-electron chi connectivity index (χ4n) is 1.33. The number of fused-ring (bicyclic) bond motifs is 1. The van der Waals surface area contributed by atoms with E-state index in [9.17, 15) is 0 Å². The van der Waals surface area contributed by atoms with Gasteiger partial charge in [0.15, 0.2) is 0 Å². The molecule has 0 aromatic carbocycles. The monoisotopic (exact) mass is 163 g/mol. The minimum absolute atomic E-state index is 0. The maximum atomic E-state index is 4.31. The Bertz CT molecular complexity index is 394. The first kappa shape index (κ1) is 7.28. The van der Waals surface area contributed by atoms with Crippen molar-refractivity contribution in [2.75, 3.05) is 0 Å². The molecule has 3 nitrogen and oxygen atoms in total. The Labute approximate surface area is 72.3 Å². The summed E-state index contributed by atoms with van der Waals surface area (Å²) in [6.45, 7) is 4.26. The summed E-state index contributed by atoms with van der Waals surface area (Å²) in [7, 11) is 0. The molecule has 0 saturated heterocycles. The minimum atomic E-state index is 0. The molecule has 0 spiro atoms. The van der Waals surface area contributed by atoms with E-state index in [1.165, 1.54) is 0 Å². The van der Waals surface area contributed by atoms with Crippen LogP contribution in [0.25, 0.3) is 10.9 Å². The molecule has 0 fully saturated rings. The zero-order valence-electron chi connectivity index (χ0n) is 7.20. The quantitative estimate of drug-likeness (QED) is 0.701. The lowest BCUT2D eigenvalue weighted by atomic mass is 10.1. The van der Waals surface area contributed by atoms with Gasteiger partial charge in [-0.25, -0.2) is 0 Å². The number of hydrogen-bond acceptors (Lipinski definition) is 2. The van der Waals surface area contributed by atoms with Gasteiger partial charge in [-0.1, -0.05) is 13.8 Å². The molecule has 0 aliphatic carbocycles. The van der Waals surface area contributed by atoms with Gasteiger partial charge in [0.25, 0.3) is 0 Å². The van der Waals surface area contributed by atoms with Crippen LogP contribution in [0.2, 0.25) is 0 Å². The molecule has 2 rings (SSSR count). The Morgan fingerprint density at radius 2 is 2.33 bits per heavy atom. The van der Waals surface area contributed by atoms with Crippen molar-refractivity contribution in [3.05, 3.63) is 24.2 Å². The number of hydrogen-bond donors (Lipinski definition) is 1. The van der Waals surface area contributed by atoms with Gasteiger partial charge < -0.3 is 0 Å². The SMILES string of the molecule is CC(C)c1nccc2cn[nH]c12.[HH]. The van der Waals surface area contributed by atoms with Gasteiger partial charge >= 0.3 is 0 Å². The lowest BCUT2D eigenvalue weighted by Crippen LogP contribution is -1.92. The molecule has 0 radical (unpaired) electrons. The third kappa shape index (κ3) is 0.978. The highest BCUT2D eigenvalue weighted by Gasteiger charge is 2.06. The highest BCUT2D eigenvalue weighted by molar-refractivity contribution is 5.79. The van der Waals surface area contributed by atoms with Crippen molar-refractivity contribution in [2.24, 2.45) is 0 Å². The third-order valence-corrected chi connectivity index (χ3v) is 1.94. The van der Waals surface area contributed by atoms with Gasteiger partial charge in [-0.15, -0.1) is 0 Å². The molecule has 0 aliphatic rings. The van der Waals surface area contributed by atoms with Gasteiger partial charge in [0, 0.05) is 13.0 Å². The Kier molecular flexibility index (Phi) is 1.57. The van der Waals surface area contributed by atoms with Crippen LogP contribution in [0.15, 0.2) is 18.5 Å². The van der Waals surface area contributed by atoms with Crippen molar-refractivity contribution in [1.82, 2.24) is 15.2 Å². The number of H-pyrrole nitrogens is 1. The molecule has 0 aliphatic heterocycles. The summed E-state index contributed by atoms with van der Waals surface area (Å²) in [4.78, 5) is 4.31. The van der Waals surface area contributed by atoms with Crippen LogP contribution in [-0.2, 0) is 0 Å². The van der Waals surface area contributed by atoms with E-state index in [0.717, 1.165) is 16.6 Å². The predicted molar refractivity (Wildman–Crippen MR) is 50.1 cm³/mol. The van der Waals surface area contributed by atoms with Gasteiger partial charge in [-0.2, -0.15) is 5.10 Å². The second-order valence-corrected chi connectivity index (χ2v) is 3.19. The van der Waals surface area contributed by atoms with Gasteiger partial charge in [0.1, 0.15) is 0 Å². The van der Waals surface area contributed by atoms with Crippen molar-refractivity contribution in [3.8, 4) is 0 Å². The molecule has 0 amide bonds. The normalized spacial score (nSPS) is 11.2. The topological polar surface area (TPSA) is 41.6 Å². The average Bonchev–Trinajstić information content (AvgIpc) is 2.49. The molecule has 64 valence electrons. The zero-order chi connectivity index (χ0) is 8.55. The van der Waals surface area contributed by atoms with Crippen LogP contribution >= 0.6 is 0 Å². The minimum Gasteiger partial charge on any atom is -0.276 e. The molecule has 0 unspecified atom stereocenters. The Morgan fingerprint density at radius 1 is 1.50 bits per heavy atom. The summed E-state index contributed by atoms with van der Waals surface area (Å²) in [5, 5.41) is 8.07. The number of rotatable bonds is 1. The number of aromatic nitrogens is 3. The van der Waals surface area contributed by atoms with E-state index in [1.54, 1.807) is 0 Å². The van der Waals surface area contributed by atoms with E-state index >= 15 is 0 Å². The first-order chi connectivity index (χ1) is 5.79. The number of pyridine rings is 1. The van der Waals surface area contributed by atoms with Gasteiger partial charge in [0.05, 0.1) is 17.4 Å². The van der Waals surface area contributed by atoms with E-state index in [4.69, 9.17) is 0 Å². The first-order valence-electron chi connectivity index (χ1n) is 4.07. The van der Waals surface area contributed by atoms with Gasteiger partial charge in [-0.3, -0.25) is 10.1 Å². The van der Waals surface area contributed by atoms with E-state index in [1.807, 2.05) is 18.5 Å². The van der Waals surface area contributed by atoms with Crippen LogP contribution in [0.1, 0.15) is 26.9 Å². The van der Waals surface area contributed by atoms with Crippen LogP contribution in [0.4, 0.5) is 0 Å². The highest BCUT2D eigenvalue weighted by Crippen LogP contribution is 2.19. The second kappa shape index (κ2) is 2.59. The molecule has 0 saturated carbocycles. The predicted octanol–water partition coefficient (Wildman–Crippen LogP) is 2.33. The van der Waals surface area contributed by atoms with Crippen LogP contribution in [0, 0.1) is 0 Å². The van der Waals surface area contributed by atoms with E-state index in [-0.39, 0.29) is 1.43 Å². The van der Waals surface area contributed by atoms with Crippen LogP contribution in [0.3, 0.4) is 0 Å². The summed E-state index contributed by atoms with van der Waals surface area (Å²) < 4.78 is 0. The summed E-state index contributed by atoms with van der Waals surface area (Å²) in [5.74, 6) is 0.439. The number of aromatic amines is 1. The van der Waals surface area contributed by atoms with Crippen molar-refractivity contribution < 1.29 is 1.43 Å². The first-order valence-corrected chi connectivity index (χ1v) is 4.07. The lowest BCUT2D eigenvalue weighted by molar-refractivity contribution is 0.829. The van der Waals surface area contributed by atoms with Gasteiger partial charge in [-0.05, 0) is 12.0 Å². The molecule has 2 heterocycles. The van der Waals surface area contributed by atoms with Crippen molar-refractivity contribution >= 4 is 10.9 Å².